The van der Waals surface area contributed by atoms with Crippen molar-refractivity contribution in [1.82, 2.24) is 5.32 Å². The quantitative estimate of drug-likeness (QED) is 0.746. The Morgan fingerprint density at radius 3 is 1.79 bits per heavy atom. The molecule has 0 saturated carbocycles. The Labute approximate surface area is 115 Å². The zero-order valence-electron chi connectivity index (χ0n) is 11.3. The molecule has 2 rings (SSSR count). The van der Waals surface area contributed by atoms with Crippen molar-refractivity contribution in [3.8, 4) is 0 Å². The molecule has 0 atom stereocenters. The van der Waals surface area contributed by atoms with Gasteiger partial charge >= 0.3 is 0 Å². The molecule has 2 nitrogen and oxygen atoms in total. The second kappa shape index (κ2) is 7.72. The smallest absolute Gasteiger partial charge is 0.0101 e. The highest BCUT2D eigenvalue weighted by Gasteiger charge is 2.12. The van der Waals surface area contributed by atoms with Gasteiger partial charge in [0.05, 0.1) is 0 Å². The van der Waals surface area contributed by atoms with E-state index in [-0.39, 0.29) is 0 Å². The largest absolute Gasteiger partial charge is 0.329 e. The van der Waals surface area contributed by atoms with Gasteiger partial charge in [-0.2, -0.15) is 0 Å². The summed E-state index contributed by atoms with van der Waals surface area (Å²) in [5.41, 5.74) is 8.26. The fourth-order valence-corrected chi connectivity index (χ4v) is 2.37. The van der Waals surface area contributed by atoms with Gasteiger partial charge < -0.3 is 11.1 Å². The molecule has 0 radical (unpaired) electrons. The van der Waals surface area contributed by atoms with E-state index in [1.54, 1.807) is 0 Å². The summed E-state index contributed by atoms with van der Waals surface area (Å²) in [6.07, 6.45) is 1.09. The van der Waals surface area contributed by atoms with Gasteiger partial charge in [-0.3, -0.25) is 0 Å². The minimum absolute atomic E-state index is 0.452. The van der Waals surface area contributed by atoms with Crippen LogP contribution in [0.15, 0.2) is 60.7 Å². The van der Waals surface area contributed by atoms with Crippen molar-refractivity contribution in [3.05, 3.63) is 71.8 Å². The third-order valence-electron chi connectivity index (χ3n) is 3.33. The summed E-state index contributed by atoms with van der Waals surface area (Å²) in [6, 6.07) is 21.4. The third kappa shape index (κ3) is 4.19. The molecule has 0 aromatic heterocycles. The standard InChI is InChI=1S/C17H22N2/c18-12-14-19-13-11-17(15-7-3-1-4-8-15)16-9-5-2-6-10-16/h1-10,17,19H,11-14,18H2. The average Bonchev–Trinajstić information content (AvgIpc) is 2.49. The number of hydrogen-bond donors (Lipinski definition) is 2. The monoisotopic (exact) mass is 254 g/mol. The highest BCUT2D eigenvalue weighted by atomic mass is 14.9. The van der Waals surface area contributed by atoms with Crippen LogP contribution in [0.5, 0.6) is 0 Å². The molecule has 0 aliphatic rings. The molecule has 0 saturated heterocycles. The Hall–Kier alpha value is -1.64. The molecule has 0 aliphatic carbocycles. The molecule has 0 fully saturated rings. The molecular formula is C17H22N2. The normalized spacial score (nSPS) is 10.8. The van der Waals surface area contributed by atoms with Crippen LogP contribution in [-0.2, 0) is 0 Å². The first-order valence-electron chi connectivity index (χ1n) is 6.92. The molecule has 100 valence electrons. The Morgan fingerprint density at radius 2 is 1.32 bits per heavy atom. The molecule has 0 amide bonds. The third-order valence-corrected chi connectivity index (χ3v) is 3.33. The molecule has 0 bridgehead atoms. The van der Waals surface area contributed by atoms with E-state index in [1.807, 2.05) is 0 Å². The molecule has 0 unspecified atom stereocenters. The minimum atomic E-state index is 0.452. The van der Waals surface area contributed by atoms with Crippen molar-refractivity contribution < 1.29 is 0 Å². The van der Waals surface area contributed by atoms with Crippen LogP contribution in [0.3, 0.4) is 0 Å². The number of benzene rings is 2. The van der Waals surface area contributed by atoms with Gasteiger partial charge in [-0.25, -0.2) is 0 Å². The van der Waals surface area contributed by atoms with Gasteiger partial charge in [0.1, 0.15) is 0 Å². The predicted molar refractivity (Wildman–Crippen MR) is 81.3 cm³/mol. The van der Waals surface area contributed by atoms with Crippen molar-refractivity contribution in [2.24, 2.45) is 5.73 Å². The molecule has 2 aromatic carbocycles. The van der Waals surface area contributed by atoms with E-state index in [9.17, 15) is 0 Å². The van der Waals surface area contributed by atoms with Crippen molar-refractivity contribution in [2.45, 2.75) is 12.3 Å². The van der Waals surface area contributed by atoms with Gasteiger partial charge in [0.2, 0.25) is 0 Å². The van der Waals surface area contributed by atoms with E-state index in [1.165, 1.54) is 11.1 Å². The maximum Gasteiger partial charge on any atom is 0.0101 e. The lowest BCUT2D eigenvalue weighted by molar-refractivity contribution is 0.616. The van der Waals surface area contributed by atoms with E-state index < -0.39 is 0 Å². The topological polar surface area (TPSA) is 38.0 Å². The van der Waals surface area contributed by atoms with Crippen LogP contribution in [-0.4, -0.2) is 19.6 Å². The van der Waals surface area contributed by atoms with Crippen LogP contribution in [0, 0.1) is 0 Å². The lowest BCUT2D eigenvalue weighted by Crippen LogP contribution is -2.24. The van der Waals surface area contributed by atoms with Crippen LogP contribution in [0.2, 0.25) is 0 Å². The second-order valence-electron chi connectivity index (χ2n) is 4.70. The zero-order valence-corrected chi connectivity index (χ0v) is 11.3. The first-order chi connectivity index (χ1) is 9.42. The van der Waals surface area contributed by atoms with Crippen LogP contribution in [0.4, 0.5) is 0 Å². The number of rotatable bonds is 7. The fourth-order valence-electron chi connectivity index (χ4n) is 2.37. The lowest BCUT2D eigenvalue weighted by atomic mass is 9.88. The number of hydrogen-bond acceptors (Lipinski definition) is 2. The van der Waals surface area contributed by atoms with E-state index in [0.29, 0.717) is 12.5 Å². The molecule has 0 heterocycles. The average molecular weight is 254 g/mol. The van der Waals surface area contributed by atoms with Crippen LogP contribution < -0.4 is 11.1 Å². The van der Waals surface area contributed by atoms with Crippen molar-refractivity contribution in [3.63, 3.8) is 0 Å². The Kier molecular flexibility index (Phi) is 5.60. The Bertz CT molecular complexity index is 414. The molecule has 0 aliphatic heterocycles. The molecule has 2 aromatic rings. The van der Waals surface area contributed by atoms with Crippen molar-refractivity contribution in [1.29, 1.82) is 0 Å². The number of nitrogens with two attached hydrogens (primary N) is 1. The summed E-state index contributed by atoms with van der Waals surface area (Å²) < 4.78 is 0. The maximum absolute atomic E-state index is 5.51. The second-order valence-corrected chi connectivity index (χ2v) is 4.70. The molecule has 0 spiro atoms. The summed E-state index contributed by atoms with van der Waals surface area (Å²) >= 11 is 0. The fraction of sp³-hybridized carbons (Fsp3) is 0.294. The molecular weight excluding hydrogens is 232 g/mol. The summed E-state index contributed by atoms with van der Waals surface area (Å²) in [5.74, 6) is 0.452. The van der Waals surface area contributed by atoms with E-state index in [0.717, 1.165) is 19.5 Å². The predicted octanol–water partition coefficient (Wildman–Crippen LogP) is 2.76. The summed E-state index contributed by atoms with van der Waals surface area (Å²) in [5, 5.41) is 3.38. The number of nitrogens with one attached hydrogen (secondary N) is 1. The van der Waals surface area contributed by atoms with E-state index in [2.05, 4.69) is 66.0 Å². The summed E-state index contributed by atoms with van der Waals surface area (Å²) in [7, 11) is 0. The highest BCUT2D eigenvalue weighted by molar-refractivity contribution is 5.32. The van der Waals surface area contributed by atoms with Gasteiger partial charge in [0.15, 0.2) is 0 Å². The molecule has 19 heavy (non-hydrogen) atoms. The van der Waals surface area contributed by atoms with Crippen LogP contribution >= 0.6 is 0 Å². The van der Waals surface area contributed by atoms with Crippen LogP contribution in [0.25, 0.3) is 0 Å². The maximum atomic E-state index is 5.51. The first-order valence-corrected chi connectivity index (χ1v) is 6.92. The minimum Gasteiger partial charge on any atom is -0.329 e. The summed E-state index contributed by atoms with van der Waals surface area (Å²) in [6.45, 7) is 2.57. The highest BCUT2D eigenvalue weighted by Crippen LogP contribution is 2.27. The van der Waals surface area contributed by atoms with Gasteiger partial charge in [-0.05, 0) is 24.1 Å². The SMILES string of the molecule is NCCNCCC(c1ccccc1)c1ccccc1. The van der Waals surface area contributed by atoms with Gasteiger partial charge in [-0.15, -0.1) is 0 Å². The van der Waals surface area contributed by atoms with Gasteiger partial charge in [-0.1, -0.05) is 60.7 Å². The van der Waals surface area contributed by atoms with Crippen molar-refractivity contribution in [2.75, 3.05) is 19.6 Å². The first kappa shape index (κ1) is 13.8. The van der Waals surface area contributed by atoms with Gasteiger partial charge in [0, 0.05) is 19.0 Å². The van der Waals surface area contributed by atoms with E-state index >= 15 is 0 Å². The summed E-state index contributed by atoms with van der Waals surface area (Å²) in [4.78, 5) is 0. The van der Waals surface area contributed by atoms with Crippen molar-refractivity contribution >= 4 is 0 Å². The Balaban J connectivity index is 2.10. The van der Waals surface area contributed by atoms with E-state index in [4.69, 9.17) is 5.73 Å². The van der Waals surface area contributed by atoms with Crippen LogP contribution in [0.1, 0.15) is 23.5 Å². The Morgan fingerprint density at radius 1 is 0.789 bits per heavy atom. The molecule has 3 N–H and O–H groups in total. The zero-order chi connectivity index (χ0) is 13.3. The lowest BCUT2D eigenvalue weighted by Gasteiger charge is -2.18. The molecule has 2 heteroatoms. The van der Waals surface area contributed by atoms with Gasteiger partial charge in [0.25, 0.3) is 0 Å².